The Kier molecular flexibility index (Phi) is 4.74. The third-order valence-electron chi connectivity index (χ3n) is 1.40. The lowest BCUT2D eigenvalue weighted by atomic mass is 10.4. The molecule has 2 nitrogen and oxygen atoms in total. The lowest BCUT2D eigenvalue weighted by Crippen LogP contribution is -2.04. The van der Waals surface area contributed by atoms with Crippen molar-refractivity contribution in [2.75, 3.05) is 26.4 Å². The fourth-order valence-corrected chi connectivity index (χ4v) is 0.832. The number of hydrogen-bond acceptors (Lipinski definition) is 2. The first-order valence-corrected chi connectivity index (χ1v) is 3.97. The maximum Gasteiger partial charge on any atom is 0.0704 e. The number of ether oxygens (including phenoxy) is 2. The normalized spacial score (nSPS) is 26.9. The first-order chi connectivity index (χ1) is 5.50. The van der Waals surface area contributed by atoms with Crippen LogP contribution >= 0.6 is 0 Å². The van der Waals surface area contributed by atoms with Gasteiger partial charge in [-0.2, -0.15) is 0 Å². The lowest BCUT2D eigenvalue weighted by molar-refractivity contribution is 0.0607. The molecule has 0 unspecified atom stereocenters. The molecule has 1 heterocycles. The van der Waals surface area contributed by atoms with Gasteiger partial charge in [-0.15, -0.1) is 0 Å². The van der Waals surface area contributed by atoms with E-state index in [1.54, 1.807) is 0 Å². The van der Waals surface area contributed by atoms with Crippen LogP contribution in [0.25, 0.3) is 0 Å². The highest BCUT2D eigenvalue weighted by Crippen LogP contribution is 1.89. The first-order valence-electron chi connectivity index (χ1n) is 3.97. The van der Waals surface area contributed by atoms with Gasteiger partial charge >= 0.3 is 0 Å². The summed E-state index contributed by atoms with van der Waals surface area (Å²) in [5.74, 6) is 0. The van der Waals surface area contributed by atoms with Crippen molar-refractivity contribution in [2.45, 2.75) is 6.42 Å². The average Bonchev–Trinajstić information content (AvgIpc) is 2.08. The molecule has 0 amide bonds. The van der Waals surface area contributed by atoms with Crippen molar-refractivity contribution in [1.82, 2.24) is 0 Å². The highest BCUT2D eigenvalue weighted by molar-refractivity contribution is 5.02. The molecule has 0 radical (unpaired) electrons. The number of hydrogen-bond donors (Lipinski definition) is 0. The van der Waals surface area contributed by atoms with Gasteiger partial charge in [0.1, 0.15) is 0 Å². The summed E-state index contributed by atoms with van der Waals surface area (Å²) in [7, 11) is 0. The molecule has 0 saturated heterocycles. The zero-order valence-electron chi connectivity index (χ0n) is 6.66. The van der Waals surface area contributed by atoms with Crippen LogP contribution in [0, 0.1) is 0 Å². The summed E-state index contributed by atoms with van der Waals surface area (Å²) in [5.41, 5.74) is 0. The molecule has 1 aliphatic heterocycles. The summed E-state index contributed by atoms with van der Waals surface area (Å²) in [5, 5.41) is 0. The molecule has 0 aromatic rings. The van der Waals surface area contributed by atoms with Crippen LogP contribution in [-0.2, 0) is 9.47 Å². The third kappa shape index (κ3) is 4.76. The second kappa shape index (κ2) is 6.13. The van der Waals surface area contributed by atoms with Crippen LogP contribution in [0.15, 0.2) is 24.3 Å². The Morgan fingerprint density at radius 3 is 2.64 bits per heavy atom. The minimum Gasteiger partial charge on any atom is -0.379 e. The van der Waals surface area contributed by atoms with Crippen molar-refractivity contribution >= 4 is 0 Å². The molecular weight excluding hydrogens is 140 g/mol. The van der Waals surface area contributed by atoms with E-state index in [1.807, 2.05) is 18.2 Å². The molecule has 0 bridgehead atoms. The molecule has 1 rings (SSSR count). The van der Waals surface area contributed by atoms with Gasteiger partial charge in [-0.25, -0.2) is 0 Å². The molecule has 0 aromatic carbocycles. The van der Waals surface area contributed by atoms with E-state index >= 15 is 0 Å². The summed E-state index contributed by atoms with van der Waals surface area (Å²) >= 11 is 0. The molecule has 0 atom stereocenters. The molecule has 2 heteroatoms. The maximum atomic E-state index is 5.26. The highest BCUT2D eigenvalue weighted by Gasteiger charge is 1.87. The predicted molar refractivity (Wildman–Crippen MR) is 44.5 cm³/mol. The molecule has 62 valence electrons. The minimum absolute atomic E-state index is 0.688. The summed E-state index contributed by atoms with van der Waals surface area (Å²) < 4.78 is 10.5. The standard InChI is InChI=1S/C9H14O2/c1-2-4-6-10-8-9-11-7-5-3-1/h1-4H,5-9H2/b3-1-,4-2-. The topological polar surface area (TPSA) is 18.5 Å². The molecule has 0 saturated carbocycles. The second-order valence-electron chi connectivity index (χ2n) is 2.33. The Morgan fingerprint density at radius 1 is 0.818 bits per heavy atom. The Labute approximate surface area is 67.5 Å². The quantitative estimate of drug-likeness (QED) is 0.527. The number of allylic oxidation sites excluding steroid dienone is 2. The average molecular weight is 154 g/mol. The van der Waals surface area contributed by atoms with Gasteiger partial charge in [0.25, 0.3) is 0 Å². The molecule has 1 aliphatic rings. The van der Waals surface area contributed by atoms with E-state index in [1.165, 1.54) is 0 Å². The van der Waals surface area contributed by atoms with Crippen molar-refractivity contribution < 1.29 is 9.47 Å². The minimum atomic E-state index is 0.688. The highest BCUT2D eigenvalue weighted by atomic mass is 16.5. The first kappa shape index (κ1) is 8.50. The maximum absolute atomic E-state index is 5.26. The van der Waals surface area contributed by atoms with E-state index in [-0.39, 0.29) is 0 Å². The fraction of sp³-hybridized carbons (Fsp3) is 0.556. The smallest absolute Gasteiger partial charge is 0.0704 e. The van der Waals surface area contributed by atoms with Crippen LogP contribution in [0.3, 0.4) is 0 Å². The van der Waals surface area contributed by atoms with E-state index in [0.717, 1.165) is 13.0 Å². The van der Waals surface area contributed by atoms with Gasteiger partial charge in [0.05, 0.1) is 26.4 Å². The van der Waals surface area contributed by atoms with Crippen LogP contribution in [0.5, 0.6) is 0 Å². The fourth-order valence-electron chi connectivity index (χ4n) is 0.832. The van der Waals surface area contributed by atoms with Crippen LogP contribution in [0.2, 0.25) is 0 Å². The van der Waals surface area contributed by atoms with Gasteiger partial charge in [-0.1, -0.05) is 24.3 Å². The molecule has 0 aliphatic carbocycles. The molecule has 0 fully saturated rings. The summed E-state index contributed by atoms with van der Waals surface area (Å²) in [6.45, 7) is 2.90. The molecule has 0 spiro atoms. The van der Waals surface area contributed by atoms with E-state index in [4.69, 9.17) is 9.47 Å². The second-order valence-corrected chi connectivity index (χ2v) is 2.33. The van der Waals surface area contributed by atoms with Gasteiger partial charge in [0.2, 0.25) is 0 Å². The Bertz CT molecular complexity index is 122. The summed E-state index contributed by atoms with van der Waals surface area (Å²) in [6, 6.07) is 0. The zero-order valence-corrected chi connectivity index (χ0v) is 6.66. The van der Waals surface area contributed by atoms with Crippen molar-refractivity contribution in [2.24, 2.45) is 0 Å². The summed E-state index contributed by atoms with van der Waals surface area (Å²) in [6.07, 6.45) is 9.12. The molecule has 11 heavy (non-hydrogen) atoms. The van der Waals surface area contributed by atoms with Crippen molar-refractivity contribution in [1.29, 1.82) is 0 Å². The van der Waals surface area contributed by atoms with E-state index in [0.29, 0.717) is 19.8 Å². The van der Waals surface area contributed by atoms with Crippen molar-refractivity contribution in [3.63, 3.8) is 0 Å². The van der Waals surface area contributed by atoms with Gasteiger partial charge < -0.3 is 9.47 Å². The number of rotatable bonds is 0. The zero-order chi connectivity index (χ0) is 7.78. The monoisotopic (exact) mass is 154 g/mol. The van der Waals surface area contributed by atoms with E-state index in [9.17, 15) is 0 Å². The van der Waals surface area contributed by atoms with Crippen LogP contribution in [0.1, 0.15) is 6.42 Å². The van der Waals surface area contributed by atoms with E-state index in [2.05, 4.69) is 6.08 Å². The van der Waals surface area contributed by atoms with Crippen LogP contribution in [-0.4, -0.2) is 26.4 Å². The van der Waals surface area contributed by atoms with Crippen molar-refractivity contribution in [3.05, 3.63) is 24.3 Å². The molecule has 0 aromatic heterocycles. The Balaban J connectivity index is 2.22. The largest absolute Gasteiger partial charge is 0.379 e. The van der Waals surface area contributed by atoms with Crippen LogP contribution < -0.4 is 0 Å². The van der Waals surface area contributed by atoms with E-state index < -0.39 is 0 Å². The Morgan fingerprint density at radius 2 is 1.64 bits per heavy atom. The summed E-state index contributed by atoms with van der Waals surface area (Å²) in [4.78, 5) is 0. The predicted octanol–water partition coefficient (Wildman–Crippen LogP) is 1.54. The van der Waals surface area contributed by atoms with Gasteiger partial charge in [-0.3, -0.25) is 0 Å². The van der Waals surface area contributed by atoms with Gasteiger partial charge in [0, 0.05) is 0 Å². The van der Waals surface area contributed by atoms with Gasteiger partial charge in [0.15, 0.2) is 0 Å². The Hall–Kier alpha value is -0.600. The molecular formula is C9H14O2. The van der Waals surface area contributed by atoms with Crippen LogP contribution in [0.4, 0.5) is 0 Å². The van der Waals surface area contributed by atoms with Gasteiger partial charge in [-0.05, 0) is 6.42 Å². The third-order valence-corrected chi connectivity index (χ3v) is 1.40. The molecule has 0 N–H and O–H groups in total. The lowest BCUT2D eigenvalue weighted by Gasteiger charge is -2.01. The SMILES string of the molecule is C1=C\CCOCCOC\C=C/1. The van der Waals surface area contributed by atoms with Crippen molar-refractivity contribution in [3.8, 4) is 0 Å².